The molecule has 0 fully saturated rings. The van der Waals surface area contributed by atoms with Crippen molar-refractivity contribution in [3.05, 3.63) is 35.4 Å². The maximum atomic E-state index is 13.7. The van der Waals surface area contributed by atoms with Gasteiger partial charge in [-0.05, 0) is 25.6 Å². The number of carbonyl (C=O) groups excluding carboxylic acids is 1. The van der Waals surface area contributed by atoms with E-state index in [4.69, 9.17) is 0 Å². The summed E-state index contributed by atoms with van der Waals surface area (Å²) in [5.41, 5.74) is -1.85. The highest BCUT2D eigenvalue weighted by atomic mass is 19.1. The number of likely N-dealkylation sites (N-methyl/N-ethyl adjacent to an activating group) is 1. The van der Waals surface area contributed by atoms with E-state index in [0.29, 0.717) is 6.54 Å². The number of hydrogen-bond donors (Lipinski definition) is 1. The van der Waals surface area contributed by atoms with Crippen LogP contribution in [0.3, 0.4) is 0 Å². The topological polar surface area (TPSA) is 38.3 Å². The van der Waals surface area contributed by atoms with Gasteiger partial charge in [-0.1, -0.05) is 13.0 Å². The van der Waals surface area contributed by atoms with Crippen LogP contribution in [0, 0.1) is 11.6 Å². The molecule has 1 rings (SSSR count). The number of benzene rings is 1. The molecule has 1 aromatic carbocycles. The van der Waals surface area contributed by atoms with Crippen LogP contribution in [0.5, 0.6) is 0 Å². The summed E-state index contributed by atoms with van der Waals surface area (Å²) in [5, 5.41) is 2.75. The van der Waals surface area contributed by atoms with Crippen molar-refractivity contribution in [1.29, 1.82) is 0 Å². The molecule has 0 aliphatic heterocycles. The van der Waals surface area contributed by atoms with Gasteiger partial charge >= 0.3 is 5.97 Å². The molecule has 0 heterocycles. The molecule has 0 saturated heterocycles. The van der Waals surface area contributed by atoms with Gasteiger partial charge in [0.25, 0.3) is 0 Å². The van der Waals surface area contributed by atoms with Crippen LogP contribution in [0.1, 0.15) is 19.4 Å². The molecular formula is C12H15F2NO2. The van der Waals surface area contributed by atoms with Crippen LogP contribution < -0.4 is 5.32 Å². The Labute approximate surface area is 98.8 Å². The number of esters is 1. The number of methoxy groups -OCH3 is 1. The highest BCUT2D eigenvalue weighted by Gasteiger charge is 2.40. The summed E-state index contributed by atoms with van der Waals surface area (Å²) in [5.74, 6) is -2.29. The van der Waals surface area contributed by atoms with Crippen LogP contribution in [0.25, 0.3) is 0 Å². The Morgan fingerprint density at radius 2 is 1.94 bits per heavy atom. The first-order chi connectivity index (χ1) is 7.97. The first-order valence-corrected chi connectivity index (χ1v) is 5.25. The van der Waals surface area contributed by atoms with E-state index in [-0.39, 0.29) is 5.56 Å². The summed E-state index contributed by atoms with van der Waals surface area (Å²) >= 11 is 0. The normalized spacial score (nSPS) is 14.2. The van der Waals surface area contributed by atoms with Gasteiger partial charge in [0.15, 0.2) is 0 Å². The Morgan fingerprint density at radius 3 is 2.35 bits per heavy atom. The highest BCUT2D eigenvalue weighted by molar-refractivity contribution is 5.82. The van der Waals surface area contributed by atoms with Gasteiger partial charge in [0.1, 0.15) is 17.2 Å². The summed E-state index contributed by atoms with van der Waals surface area (Å²) in [6.45, 7) is 3.50. The second kappa shape index (κ2) is 5.23. The molecule has 0 bridgehead atoms. The van der Waals surface area contributed by atoms with Crippen LogP contribution in [0.2, 0.25) is 0 Å². The van der Waals surface area contributed by atoms with E-state index in [1.54, 1.807) is 6.92 Å². The number of hydrogen-bond acceptors (Lipinski definition) is 3. The predicted octanol–water partition coefficient (Wildman–Crippen LogP) is 1.96. The van der Waals surface area contributed by atoms with Gasteiger partial charge in [0, 0.05) is 0 Å². The summed E-state index contributed by atoms with van der Waals surface area (Å²) in [6, 6.07) is 3.46. The van der Waals surface area contributed by atoms with E-state index >= 15 is 0 Å². The Kier molecular flexibility index (Phi) is 4.17. The van der Waals surface area contributed by atoms with Gasteiger partial charge in [-0.15, -0.1) is 0 Å². The van der Waals surface area contributed by atoms with Crippen molar-refractivity contribution in [1.82, 2.24) is 5.32 Å². The molecule has 1 unspecified atom stereocenters. The summed E-state index contributed by atoms with van der Waals surface area (Å²) in [6.07, 6.45) is 0. The van der Waals surface area contributed by atoms with Gasteiger partial charge in [0.2, 0.25) is 0 Å². The molecule has 0 aromatic heterocycles. The number of ether oxygens (including phenoxy) is 1. The molecule has 0 aliphatic carbocycles. The molecule has 0 radical (unpaired) electrons. The average molecular weight is 243 g/mol. The van der Waals surface area contributed by atoms with E-state index in [1.807, 2.05) is 0 Å². The Morgan fingerprint density at radius 1 is 1.41 bits per heavy atom. The van der Waals surface area contributed by atoms with Gasteiger partial charge in [-0.25, -0.2) is 13.6 Å². The SMILES string of the molecule is CCNC(C)(C(=O)OC)c1c(F)cccc1F. The quantitative estimate of drug-likeness (QED) is 0.821. The predicted molar refractivity (Wildman–Crippen MR) is 59.4 cm³/mol. The molecule has 1 atom stereocenters. The standard InChI is InChI=1S/C12H15F2NO2/c1-4-15-12(2,11(16)17-3)10-8(13)6-5-7-9(10)14/h5-7,15H,4H2,1-3H3. The molecule has 0 saturated carbocycles. The van der Waals surface area contributed by atoms with Crippen LogP contribution in [-0.2, 0) is 15.1 Å². The molecule has 1 aromatic rings. The third-order valence-electron chi connectivity index (χ3n) is 2.59. The first kappa shape index (κ1) is 13.6. The lowest BCUT2D eigenvalue weighted by atomic mass is 9.91. The molecule has 5 heteroatoms. The third kappa shape index (κ3) is 2.44. The summed E-state index contributed by atoms with van der Waals surface area (Å²) in [7, 11) is 1.18. The van der Waals surface area contributed by atoms with E-state index in [2.05, 4.69) is 10.1 Å². The molecule has 0 spiro atoms. The van der Waals surface area contributed by atoms with Crippen molar-refractivity contribution in [3.8, 4) is 0 Å². The minimum atomic E-state index is -1.53. The molecule has 0 amide bonds. The summed E-state index contributed by atoms with van der Waals surface area (Å²) in [4.78, 5) is 11.7. The third-order valence-corrected chi connectivity index (χ3v) is 2.59. The Bertz CT molecular complexity index is 403. The summed E-state index contributed by atoms with van der Waals surface area (Å²) < 4.78 is 32.0. The fourth-order valence-corrected chi connectivity index (χ4v) is 1.80. The van der Waals surface area contributed by atoms with Crippen molar-refractivity contribution in [3.63, 3.8) is 0 Å². The monoisotopic (exact) mass is 243 g/mol. The fourth-order valence-electron chi connectivity index (χ4n) is 1.80. The van der Waals surface area contributed by atoms with Crippen LogP contribution >= 0.6 is 0 Å². The molecule has 3 nitrogen and oxygen atoms in total. The van der Waals surface area contributed by atoms with Gasteiger partial charge < -0.3 is 4.74 Å². The zero-order chi connectivity index (χ0) is 13.1. The molecule has 94 valence electrons. The number of rotatable bonds is 4. The molecule has 1 N–H and O–H groups in total. The maximum absolute atomic E-state index is 13.7. The number of carbonyl (C=O) groups is 1. The Hall–Kier alpha value is -1.49. The zero-order valence-electron chi connectivity index (χ0n) is 10.0. The molecule has 17 heavy (non-hydrogen) atoms. The van der Waals surface area contributed by atoms with Gasteiger partial charge in [-0.3, -0.25) is 5.32 Å². The van der Waals surface area contributed by atoms with Crippen LogP contribution in [0.15, 0.2) is 18.2 Å². The highest BCUT2D eigenvalue weighted by Crippen LogP contribution is 2.27. The minimum Gasteiger partial charge on any atom is -0.467 e. The van der Waals surface area contributed by atoms with Crippen LogP contribution in [0.4, 0.5) is 8.78 Å². The van der Waals surface area contributed by atoms with Crippen molar-refractivity contribution >= 4 is 5.97 Å². The zero-order valence-corrected chi connectivity index (χ0v) is 10.0. The van der Waals surface area contributed by atoms with E-state index in [1.165, 1.54) is 20.1 Å². The lowest BCUT2D eigenvalue weighted by molar-refractivity contribution is -0.148. The van der Waals surface area contributed by atoms with Crippen molar-refractivity contribution in [2.45, 2.75) is 19.4 Å². The molecule has 0 aliphatic rings. The Balaban J connectivity index is 3.37. The van der Waals surface area contributed by atoms with Crippen LogP contribution in [-0.4, -0.2) is 19.6 Å². The van der Waals surface area contributed by atoms with E-state index < -0.39 is 23.1 Å². The van der Waals surface area contributed by atoms with Crippen molar-refractivity contribution in [2.75, 3.05) is 13.7 Å². The lowest BCUT2D eigenvalue weighted by Gasteiger charge is -2.28. The smallest absolute Gasteiger partial charge is 0.330 e. The lowest BCUT2D eigenvalue weighted by Crippen LogP contribution is -2.48. The largest absolute Gasteiger partial charge is 0.467 e. The van der Waals surface area contributed by atoms with Gasteiger partial charge in [-0.2, -0.15) is 0 Å². The maximum Gasteiger partial charge on any atom is 0.330 e. The second-order valence-electron chi connectivity index (χ2n) is 3.74. The van der Waals surface area contributed by atoms with Crippen molar-refractivity contribution < 1.29 is 18.3 Å². The minimum absolute atomic E-state index is 0.325. The number of nitrogens with one attached hydrogen (secondary N) is 1. The van der Waals surface area contributed by atoms with E-state index in [9.17, 15) is 13.6 Å². The van der Waals surface area contributed by atoms with Gasteiger partial charge in [0.05, 0.1) is 12.7 Å². The second-order valence-corrected chi connectivity index (χ2v) is 3.74. The average Bonchev–Trinajstić information content (AvgIpc) is 2.28. The van der Waals surface area contributed by atoms with Crippen molar-refractivity contribution in [2.24, 2.45) is 0 Å². The molecular weight excluding hydrogens is 228 g/mol. The first-order valence-electron chi connectivity index (χ1n) is 5.25. The fraction of sp³-hybridized carbons (Fsp3) is 0.417. The van der Waals surface area contributed by atoms with E-state index in [0.717, 1.165) is 12.1 Å². The number of halogens is 2.